The van der Waals surface area contributed by atoms with E-state index in [9.17, 15) is 10.1 Å². The van der Waals surface area contributed by atoms with Crippen LogP contribution in [0.25, 0.3) is 0 Å². The van der Waals surface area contributed by atoms with E-state index in [4.69, 9.17) is 10.00 Å². The topological polar surface area (TPSA) is 79.4 Å². The van der Waals surface area contributed by atoms with Crippen LogP contribution in [0.3, 0.4) is 0 Å². The molecule has 0 saturated carbocycles. The lowest BCUT2D eigenvalue weighted by molar-refractivity contribution is -0.385. The van der Waals surface area contributed by atoms with Crippen LogP contribution in [0, 0.1) is 21.4 Å². The summed E-state index contributed by atoms with van der Waals surface area (Å²) in [7, 11) is 3.87. The Morgan fingerprint density at radius 3 is 2.58 bits per heavy atom. The number of nitrogens with zero attached hydrogens (tertiary/aromatic N) is 3. The van der Waals surface area contributed by atoms with Crippen molar-refractivity contribution in [2.45, 2.75) is 19.4 Å². The summed E-state index contributed by atoms with van der Waals surface area (Å²) < 4.78 is 5.57. The van der Waals surface area contributed by atoms with Gasteiger partial charge in [-0.2, -0.15) is 5.26 Å². The second-order valence-electron chi connectivity index (χ2n) is 5.04. The van der Waals surface area contributed by atoms with Crippen molar-refractivity contribution < 1.29 is 9.66 Å². The lowest BCUT2D eigenvalue weighted by atomic mass is 10.1. The van der Waals surface area contributed by atoms with Gasteiger partial charge in [0.25, 0.3) is 5.69 Å². The summed E-state index contributed by atoms with van der Waals surface area (Å²) >= 11 is 0. The van der Waals surface area contributed by atoms with Crippen molar-refractivity contribution in [2.24, 2.45) is 0 Å². The van der Waals surface area contributed by atoms with Crippen LogP contribution < -0.4 is 4.74 Å². The van der Waals surface area contributed by atoms with Crippen molar-refractivity contribution in [1.29, 1.82) is 5.26 Å². The van der Waals surface area contributed by atoms with Crippen LogP contribution in [-0.4, -0.2) is 36.1 Å². The molecule has 0 amide bonds. The third kappa shape index (κ3) is 3.66. The highest BCUT2D eigenvalue weighted by atomic mass is 16.6. The first-order valence-electron chi connectivity index (χ1n) is 5.76. The Labute approximate surface area is 112 Å². The normalized spacial score (nSPS) is 11.2. The number of ether oxygens (including phenoxy) is 1. The molecule has 0 N–H and O–H groups in total. The molecule has 1 rings (SSSR count). The molecule has 0 bridgehead atoms. The third-order valence-electron chi connectivity index (χ3n) is 3.09. The van der Waals surface area contributed by atoms with Gasteiger partial charge < -0.3 is 9.64 Å². The second kappa shape index (κ2) is 5.67. The summed E-state index contributed by atoms with van der Waals surface area (Å²) in [6, 6.07) is 6.04. The fourth-order valence-electron chi connectivity index (χ4n) is 1.24. The van der Waals surface area contributed by atoms with Gasteiger partial charge in [-0.15, -0.1) is 0 Å². The minimum absolute atomic E-state index is 0.0317. The van der Waals surface area contributed by atoms with E-state index >= 15 is 0 Å². The average Bonchev–Trinajstić information content (AvgIpc) is 2.35. The standard InChI is InChI=1S/C13H17N3O3/c1-13(2,15(3)4)9-19-11-6-5-10(8-14)12(7-11)16(17)18/h5-7H,9H2,1-4H3. The first-order valence-corrected chi connectivity index (χ1v) is 5.76. The Hall–Kier alpha value is -2.13. The molecular weight excluding hydrogens is 246 g/mol. The molecule has 0 aliphatic carbocycles. The van der Waals surface area contributed by atoms with E-state index < -0.39 is 4.92 Å². The van der Waals surface area contributed by atoms with E-state index in [1.807, 2.05) is 32.8 Å². The summed E-state index contributed by atoms with van der Waals surface area (Å²) in [5.74, 6) is 0.389. The highest BCUT2D eigenvalue weighted by Gasteiger charge is 2.22. The van der Waals surface area contributed by atoms with Gasteiger partial charge >= 0.3 is 0 Å². The van der Waals surface area contributed by atoms with Crippen molar-refractivity contribution in [3.63, 3.8) is 0 Å². The molecular formula is C13H17N3O3. The van der Waals surface area contributed by atoms with Gasteiger partial charge in [0.1, 0.15) is 24.0 Å². The zero-order valence-corrected chi connectivity index (χ0v) is 11.5. The summed E-state index contributed by atoms with van der Waals surface area (Å²) in [5, 5.41) is 19.6. The van der Waals surface area contributed by atoms with Crippen molar-refractivity contribution >= 4 is 5.69 Å². The Kier molecular flexibility index (Phi) is 4.46. The minimum atomic E-state index is -0.581. The van der Waals surface area contributed by atoms with E-state index in [0.717, 1.165) is 0 Å². The number of hydrogen-bond acceptors (Lipinski definition) is 5. The number of nitro benzene ring substituents is 1. The SMILES string of the molecule is CN(C)C(C)(C)COc1ccc(C#N)c([N+](=O)[O-])c1. The fraction of sp³-hybridized carbons (Fsp3) is 0.462. The van der Waals surface area contributed by atoms with Crippen molar-refractivity contribution in [1.82, 2.24) is 4.90 Å². The van der Waals surface area contributed by atoms with E-state index in [-0.39, 0.29) is 16.8 Å². The van der Waals surface area contributed by atoms with Gasteiger partial charge in [0, 0.05) is 5.54 Å². The molecule has 0 aromatic heterocycles. The minimum Gasteiger partial charge on any atom is -0.491 e. The Bertz CT molecular complexity index is 518. The molecule has 1 aromatic rings. The summed E-state index contributed by atoms with van der Waals surface area (Å²) in [6.07, 6.45) is 0. The van der Waals surface area contributed by atoms with Gasteiger partial charge in [-0.3, -0.25) is 10.1 Å². The van der Waals surface area contributed by atoms with E-state index in [2.05, 4.69) is 0 Å². The molecule has 0 spiro atoms. The number of likely N-dealkylation sites (N-methyl/N-ethyl adjacent to an activating group) is 1. The predicted octanol–water partition coefficient (Wildman–Crippen LogP) is 2.19. The molecule has 6 nitrogen and oxygen atoms in total. The maximum absolute atomic E-state index is 10.8. The van der Waals surface area contributed by atoms with Crippen molar-refractivity contribution in [3.8, 4) is 11.8 Å². The average molecular weight is 263 g/mol. The second-order valence-corrected chi connectivity index (χ2v) is 5.04. The van der Waals surface area contributed by atoms with Crippen LogP contribution in [0.15, 0.2) is 18.2 Å². The first-order chi connectivity index (χ1) is 8.77. The van der Waals surface area contributed by atoms with Gasteiger partial charge in [-0.1, -0.05) is 0 Å². The summed E-state index contributed by atoms with van der Waals surface area (Å²) in [5.41, 5.74) is -0.394. The predicted molar refractivity (Wildman–Crippen MR) is 71.1 cm³/mol. The molecule has 102 valence electrons. The monoisotopic (exact) mass is 263 g/mol. The van der Waals surface area contributed by atoms with Gasteiger partial charge in [0.15, 0.2) is 0 Å². The Balaban J connectivity index is 2.90. The number of rotatable bonds is 5. The van der Waals surface area contributed by atoms with Gasteiger partial charge in [-0.05, 0) is 40.1 Å². The lowest BCUT2D eigenvalue weighted by Crippen LogP contribution is -2.43. The maximum Gasteiger partial charge on any atom is 0.290 e. The highest BCUT2D eigenvalue weighted by molar-refractivity contribution is 5.52. The Morgan fingerprint density at radius 2 is 2.11 bits per heavy atom. The molecule has 0 atom stereocenters. The molecule has 0 unspecified atom stereocenters. The van der Waals surface area contributed by atoms with Crippen LogP contribution in [0.4, 0.5) is 5.69 Å². The van der Waals surface area contributed by atoms with E-state index in [0.29, 0.717) is 12.4 Å². The quantitative estimate of drug-likeness (QED) is 0.601. The van der Waals surface area contributed by atoms with Crippen molar-refractivity contribution in [3.05, 3.63) is 33.9 Å². The number of benzene rings is 1. The third-order valence-corrected chi connectivity index (χ3v) is 3.09. The van der Waals surface area contributed by atoms with Gasteiger partial charge in [0.2, 0.25) is 0 Å². The number of nitriles is 1. The zero-order chi connectivity index (χ0) is 14.6. The van der Waals surface area contributed by atoms with E-state index in [1.165, 1.54) is 12.1 Å². The van der Waals surface area contributed by atoms with E-state index in [1.54, 1.807) is 12.1 Å². The van der Waals surface area contributed by atoms with Gasteiger partial charge in [-0.25, -0.2) is 0 Å². The lowest BCUT2D eigenvalue weighted by Gasteiger charge is -2.32. The highest BCUT2D eigenvalue weighted by Crippen LogP contribution is 2.25. The van der Waals surface area contributed by atoms with Crippen molar-refractivity contribution in [2.75, 3.05) is 20.7 Å². The molecule has 0 heterocycles. The smallest absolute Gasteiger partial charge is 0.290 e. The van der Waals surface area contributed by atoms with Crippen LogP contribution in [0.1, 0.15) is 19.4 Å². The molecule has 0 radical (unpaired) electrons. The summed E-state index contributed by atoms with van der Waals surface area (Å²) in [6.45, 7) is 4.40. The van der Waals surface area contributed by atoms with Crippen LogP contribution in [0.2, 0.25) is 0 Å². The molecule has 0 aliphatic heterocycles. The Morgan fingerprint density at radius 1 is 1.47 bits per heavy atom. The molecule has 19 heavy (non-hydrogen) atoms. The largest absolute Gasteiger partial charge is 0.491 e. The van der Waals surface area contributed by atoms with Gasteiger partial charge in [0.05, 0.1) is 11.0 Å². The fourth-order valence-corrected chi connectivity index (χ4v) is 1.24. The van der Waals surface area contributed by atoms with Crippen LogP contribution in [-0.2, 0) is 0 Å². The zero-order valence-electron chi connectivity index (χ0n) is 11.5. The molecule has 0 aliphatic rings. The summed E-state index contributed by atoms with van der Waals surface area (Å²) in [4.78, 5) is 12.3. The molecule has 0 fully saturated rings. The maximum atomic E-state index is 10.8. The number of nitro groups is 1. The van der Waals surface area contributed by atoms with Crippen LogP contribution >= 0.6 is 0 Å². The number of hydrogen-bond donors (Lipinski definition) is 0. The molecule has 1 aromatic carbocycles. The first kappa shape index (κ1) is 14.9. The molecule has 0 saturated heterocycles. The van der Waals surface area contributed by atoms with Crippen LogP contribution in [0.5, 0.6) is 5.75 Å². The molecule has 6 heteroatoms.